The maximum Gasteiger partial charge on any atom is 0.105 e. The fraction of sp³-hybridized carbons (Fsp3) is 0.385. The molecule has 2 heterocycles. The zero-order valence-electron chi connectivity index (χ0n) is 10.00. The summed E-state index contributed by atoms with van der Waals surface area (Å²) >= 11 is 5.29. The molecule has 4 heteroatoms. The van der Waals surface area contributed by atoms with E-state index in [4.69, 9.17) is 4.42 Å². The minimum atomic E-state index is 0.337. The van der Waals surface area contributed by atoms with Gasteiger partial charge in [0.25, 0.3) is 0 Å². The molecule has 0 aliphatic carbocycles. The molecule has 0 aromatic carbocycles. The molecule has 1 unspecified atom stereocenters. The Labute approximate surface area is 114 Å². The van der Waals surface area contributed by atoms with Crippen LogP contribution in [0.15, 0.2) is 32.7 Å². The molecule has 0 bridgehead atoms. The van der Waals surface area contributed by atoms with Crippen molar-refractivity contribution in [3.05, 3.63) is 44.4 Å². The molecule has 2 nitrogen and oxygen atoms in total. The number of hydrogen-bond donors (Lipinski definition) is 1. The maximum atomic E-state index is 5.39. The van der Waals surface area contributed by atoms with Crippen LogP contribution in [-0.2, 0) is 6.42 Å². The van der Waals surface area contributed by atoms with E-state index in [0.29, 0.717) is 6.04 Å². The highest BCUT2D eigenvalue weighted by Crippen LogP contribution is 2.27. The van der Waals surface area contributed by atoms with Gasteiger partial charge in [-0.05, 0) is 41.5 Å². The molecule has 2 aromatic rings. The summed E-state index contributed by atoms with van der Waals surface area (Å²) in [5.74, 6) is 1.01. The van der Waals surface area contributed by atoms with Crippen LogP contribution in [0.2, 0.25) is 0 Å². The molecule has 1 atom stereocenters. The summed E-state index contributed by atoms with van der Waals surface area (Å²) in [4.78, 5) is 1.38. The number of furan rings is 1. The first-order valence-electron chi connectivity index (χ1n) is 5.71. The van der Waals surface area contributed by atoms with Crippen molar-refractivity contribution >= 4 is 27.3 Å². The molecule has 0 saturated carbocycles. The lowest BCUT2D eigenvalue weighted by Gasteiger charge is -2.16. The van der Waals surface area contributed by atoms with Gasteiger partial charge in [0.15, 0.2) is 0 Å². The lowest BCUT2D eigenvalue weighted by Crippen LogP contribution is -2.22. The molecule has 0 radical (unpaired) electrons. The lowest BCUT2D eigenvalue weighted by molar-refractivity contribution is 0.503. The van der Waals surface area contributed by atoms with Gasteiger partial charge in [0.05, 0.1) is 6.26 Å². The molecule has 0 amide bonds. The van der Waals surface area contributed by atoms with Gasteiger partial charge in [-0.25, -0.2) is 0 Å². The number of rotatable bonds is 5. The number of hydrogen-bond acceptors (Lipinski definition) is 3. The van der Waals surface area contributed by atoms with Crippen molar-refractivity contribution in [2.45, 2.75) is 26.3 Å². The summed E-state index contributed by atoms with van der Waals surface area (Å²) in [5, 5.41) is 5.64. The van der Waals surface area contributed by atoms with Crippen molar-refractivity contribution < 1.29 is 4.42 Å². The summed E-state index contributed by atoms with van der Waals surface area (Å²) < 4.78 is 6.55. The zero-order valence-corrected chi connectivity index (χ0v) is 12.4. The van der Waals surface area contributed by atoms with Gasteiger partial charge in [-0.3, -0.25) is 0 Å². The Balaban J connectivity index is 2.15. The average molecular weight is 314 g/mol. The van der Waals surface area contributed by atoms with Crippen LogP contribution in [-0.4, -0.2) is 6.54 Å². The average Bonchev–Trinajstić information content (AvgIpc) is 2.87. The van der Waals surface area contributed by atoms with E-state index in [0.717, 1.165) is 23.2 Å². The molecule has 0 saturated heterocycles. The number of aryl methyl sites for hydroxylation is 1. The predicted octanol–water partition coefficient (Wildman–Crippen LogP) is 4.31. The Morgan fingerprint density at radius 2 is 2.35 bits per heavy atom. The van der Waals surface area contributed by atoms with Crippen LogP contribution in [0.3, 0.4) is 0 Å². The minimum Gasteiger partial charge on any atom is -0.469 e. The molecular weight excluding hydrogens is 298 g/mol. The van der Waals surface area contributed by atoms with Crippen molar-refractivity contribution in [1.82, 2.24) is 5.32 Å². The molecule has 1 N–H and O–H groups in total. The number of nitrogens with one attached hydrogen (secondary N) is 1. The van der Waals surface area contributed by atoms with Crippen molar-refractivity contribution in [2.24, 2.45) is 0 Å². The predicted molar refractivity (Wildman–Crippen MR) is 75.6 cm³/mol. The molecule has 0 aliphatic rings. The first-order chi connectivity index (χ1) is 8.20. The first kappa shape index (κ1) is 12.9. The quantitative estimate of drug-likeness (QED) is 0.890. The van der Waals surface area contributed by atoms with Crippen LogP contribution in [0.1, 0.15) is 29.2 Å². The molecule has 2 rings (SSSR count). The highest BCUT2D eigenvalue weighted by molar-refractivity contribution is 9.10. The van der Waals surface area contributed by atoms with E-state index < -0.39 is 0 Å². The molecule has 17 heavy (non-hydrogen) atoms. The maximum absolute atomic E-state index is 5.39. The monoisotopic (exact) mass is 313 g/mol. The lowest BCUT2D eigenvalue weighted by atomic mass is 10.0. The summed E-state index contributed by atoms with van der Waals surface area (Å²) in [7, 11) is 0. The Hall–Kier alpha value is -0.580. The number of likely N-dealkylation sites (N-methyl/N-ethyl adjacent to an activating group) is 1. The Morgan fingerprint density at radius 1 is 1.53 bits per heavy atom. The third-order valence-electron chi connectivity index (χ3n) is 2.75. The normalized spacial score (nSPS) is 12.9. The van der Waals surface area contributed by atoms with Gasteiger partial charge in [0.2, 0.25) is 0 Å². The zero-order chi connectivity index (χ0) is 12.3. The van der Waals surface area contributed by atoms with Gasteiger partial charge < -0.3 is 9.73 Å². The fourth-order valence-electron chi connectivity index (χ4n) is 1.96. The number of halogens is 1. The molecular formula is C13H16BrNOS. The van der Waals surface area contributed by atoms with Crippen molar-refractivity contribution in [3.8, 4) is 0 Å². The van der Waals surface area contributed by atoms with Crippen LogP contribution >= 0.6 is 27.3 Å². The van der Waals surface area contributed by atoms with E-state index in [9.17, 15) is 0 Å². The largest absolute Gasteiger partial charge is 0.469 e. The summed E-state index contributed by atoms with van der Waals surface area (Å²) in [6.45, 7) is 5.11. The van der Waals surface area contributed by atoms with Crippen LogP contribution in [0.4, 0.5) is 0 Å². The van der Waals surface area contributed by atoms with Crippen LogP contribution in [0, 0.1) is 6.92 Å². The van der Waals surface area contributed by atoms with E-state index in [-0.39, 0.29) is 0 Å². The standard InChI is InChI=1S/C13H16BrNOS/c1-3-15-13(12-4-5-16-9(12)2)7-11-6-10(14)8-17-11/h4-6,8,13,15H,3,7H2,1-2H3. The highest BCUT2D eigenvalue weighted by atomic mass is 79.9. The van der Waals surface area contributed by atoms with Crippen LogP contribution < -0.4 is 5.32 Å². The van der Waals surface area contributed by atoms with Crippen molar-refractivity contribution in [1.29, 1.82) is 0 Å². The molecule has 0 aliphatic heterocycles. The topological polar surface area (TPSA) is 25.2 Å². The summed E-state index contributed by atoms with van der Waals surface area (Å²) in [6.07, 6.45) is 2.77. The third kappa shape index (κ3) is 3.21. The molecule has 0 spiro atoms. The van der Waals surface area contributed by atoms with Gasteiger partial charge in [-0.15, -0.1) is 11.3 Å². The SMILES string of the molecule is CCNC(Cc1cc(Br)cs1)c1ccoc1C. The van der Waals surface area contributed by atoms with Crippen LogP contribution in [0.25, 0.3) is 0 Å². The van der Waals surface area contributed by atoms with Gasteiger partial charge in [0, 0.05) is 32.8 Å². The van der Waals surface area contributed by atoms with E-state index >= 15 is 0 Å². The molecule has 2 aromatic heterocycles. The minimum absolute atomic E-state index is 0.337. The van der Waals surface area contributed by atoms with Gasteiger partial charge in [-0.2, -0.15) is 0 Å². The molecule has 92 valence electrons. The Kier molecular flexibility index (Phi) is 4.42. The van der Waals surface area contributed by atoms with Gasteiger partial charge >= 0.3 is 0 Å². The van der Waals surface area contributed by atoms with Gasteiger partial charge in [-0.1, -0.05) is 6.92 Å². The highest BCUT2D eigenvalue weighted by Gasteiger charge is 2.16. The van der Waals surface area contributed by atoms with E-state index in [2.05, 4.69) is 45.7 Å². The van der Waals surface area contributed by atoms with E-state index in [1.54, 1.807) is 17.6 Å². The molecule has 0 fully saturated rings. The first-order valence-corrected chi connectivity index (χ1v) is 7.38. The van der Waals surface area contributed by atoms with Crippen LogP contribution in [0.5, 0.6) is 0 Å². The Morgan fingerprint density at radius 3 is 2.88 bits per heavy atom. The Bertz CT molecular complexity index is 477. The van der Waals surface area contributed by atoms with Crippen molar-refractivity contribution in [2.75, 3.05) is 6.54 Å². The third-order valence-corrected chi connectivity index (χ3v) is 4.47. The second-order valence-corrected chi connectivity index (χ2v) is 5.89. The van der Waals surface area contributed by atoms with Gasteiger partial charge in [0.1, 0.15) is 5.76 Å². The smallest absolute Gasteiger partial charge is 0.105 e. The second kappa shape index (κ2) is 5.85. The number of thiophene rings is 1. The summed E-state index contributed by atoms with van der Waals surface area (Å²) in [6, 6.07) is 4.58. The second-order valence-electron chi connectivity index (χ2n) is 3.98. The van der Waals surface area contributed by atoms with E-state index in [1.807, 2.05) is 6.92 Å². The fourth-order valence-corrected chi connectivity index (χ4v) is 3.45. The van der Waals surface area contributed by atoms with E-state index in [1.165, 1.54) is 10.4 Å². The van der Waals surface area contributed by atoms with Crippen molar-refractivity contribution in [3.63, 3.8) is 0 Å². The summed E-state index contributed by atoms with van der Waals surface area (Å²) in [5.41, 5.74) is 1.26.